The number of pyridine rings is 4. The minimum atomic E-state index is -0.0720. The molecule has 4 aromatic carbocycles. The predicted molar refractivity (Wildman–Crippen MR) is 444 cm³/mol. The number of aromatic nitrogens is 12. The third-order valence-corrected chi connectivity index (χ3v) is 23.1. The molecular weight excluding hydrogens is 1400 g/mol. The van der Waals surface area contributed by atoms with Gasteiger partial charge in [0.05, 0.1) is 29.6 Å². The van der Waals surface area contributed by atoms with Gasteiger partial charge >= 0.3 is 0 Å². The molecule has 13 aromatic rings. The summed E-state index contributed by atoms with van der Waals surface area (Å²) in [5.41, 5.74) is 15.2. The van der Waals surface area contributed by atoms with Crippen LogP contribution >= 0.6 is 0 Å². The van der Waals surface area contributed by atoms with Crippen molar-refractivity contribution in [2.24, 2.45) is 10.9 Å². The largest absolute Gasteiger partial charge is 0.464 e. The Morgan fingerprint density at radius 2 is 1.10 bits per heavy atom. The highest BCUT2D eigenvalue weighted by Crippen LogP contribution is 2.39. The van der Waals surface area contributed by atoms with Crippen LogP contribution in [0.15, 0.2) is 213 Å². The molecule has 3 aliphatic carbocycles. The van der Waals surface area contributed by atoms with E-state index in [0.29, 0.717) is 100.0 Å². The summed E-state index contributed by atoms with van der Waals surface area (Å²) in [5.74, 6) is 5.26. The molecule has 6 fully saturated rings. The average Bonchev–Trinajstić information content (AvgIpc) is 1.12. The summed E-state index contributed by atoms with van der Waals surface area (Å²) >= 11 is 0. The van der Waals surface area contributed by atoms with Gasteiger partial charge in [0.15, 0.2) is 0 Å². The Hall–Kier alpha value is -11.9. The lowest BCUT2D eigenvalue weighted by Gasteiger charge is -2.23. The number of nitrogens with zero attached hydrogens (tertiary/aromatic N) is 14. The molecule has 4 aliphatic heterocycles. The molecule has 9 aromatic heterocycles. The van der Waals surface area contributed by atoms with Gasteiger partial charge in [-0.15, -0.1) is 0 Å². The summed E-state index contributed by atoms with van der Waals surface area (Å²) in [6.07, 6.45) is 30.0. The summed E-state index contributed by atoms with van der Waals surface area (Å²) < 4.78 is 13.1. The van der Waals surface area contributed by atoms with Gasteiger partial charge in [-0.25, -0.2) is 19.9 Å². The number of hydrogen-bond acceptors (Lipinski definition) is 19. The van der Waals surface area contributed by atoms with Gasteiger partial charge in [-0.3, -0.25) is 38.1 Å². The fourth-order valence-electron chi connectivity index (χ4n) is 16.6. The molecule has 0 amide bonds. The van der Waals surface area contributed by atoms with Crippen molar-refractivity contribution in [3.05, 3.63) is 242 Å². The Bertz CT molecular complexity index is 5810. The maximum atomic E-state index is 14.0. The topological polar surface area (TPSA) is 263 Å². The van der Waals surface area contributed by atoms with Crippen molar-refractivity contribution < 1.29 is 4.42 Å². The highest BCUT2D eigenvalue weighted by atomic mass is 16.3. The highest BCUT2D eigenvalue weighted by molar-refractivity contribution is 6.11. The fraction of sp³-hybridized carbons (Fsp3) is 0.326. The van der Waals surface area contributed by atoms with Crippen LogP contribution in [0.1, 0.15) is 136 Å². The summed E-state index contributed by atoms with van der Waals surface area (Å²) in [5, 5.41) is 19.4. The smallest absolute Gasteiger partial charge is 0.263 e. The summed E-state index contributed by atoms with van der Waals surface area (Å²) in [7, 11) is 2.18. The number of anilines is 6. The number of furan rings is 1. The molecular formula is C89H91N19O4. The van der Waals surface area contributed by atoms with E-state index in [1.807, 2.05) is 89.3 Å². The molecule has 112 heavy (non-hydrogen) atoms. The second-order valence-corrected chi connectivity index (χ2v) is 30.8. The van der Waals surface area contributed by atoms with Gasteiger partial charge in [-0.2, -0.15) is 15.0 Å². The summed E-state index contributed by atoms with van der Waals surface area (Å²) in [4.78, 5) is 85.0. The maximum Gasteiger partial charge on any atom is 0.263 e. The average molecular weight is 1490 g/mol. The van der Waals surface area contributed by atoms with E-state index in [9.17, 15) is 14.4 Å². The molecule has 2 unspecified atom stereocenters. The van der Waals surface area contributed by atoms with E-state index in [1.54, 1.807) is 35.6 Å². The van der Waals surface area contributed by atoms with Gasteiger partial charge in [0.1, 0.15) is 28.5 Å². The fourth-order valence-corrected chi connectivity index (χ4v) is 16.6. The van der Waals surface area contributed by atoms with Crippen molar-refractivity contribution in [2.45, 2.75) is 127 Å². The minimum absolute atomic E-state index is 0.000214. The zero-order valence-corrected chi connectivity index (χ0v) is 63.2. The van der Waals surface area contributed by atoms with Crippen LogP contribution in [0.2, 0.25) is 0 Å². The molecule has 2 atom stereocenters. The molecule has 20 rings (SSSR count). The Morgan fingerprint density at radius 1 is 0.518 bits per heavy atom. The molecule has 0 bridgehead atoms. The minimum Gasteiger partial charge on any atom is -0.464 e. The number of rotatable bonds is 19. The normalized spacial score (nSPS) is 17.9. The lowest BCUT2D eigenvalue weighted by molar-refractivity contribution is 0.411. The summed E-state index contributed by atoms with van der Waals surface area (Å²) in [6.45, 7) is 10.4. The van der Waals surface area contributed by atoms with Crippen LogP contribution in [0.5, 0.6) is 0 Å². The number of hydrogen-bond donors (Lipinski definition) is 5. The second kappa shape index (κ2) is 31.8. The molecule has 23 heteroatoms. The number of imidazole rings is 1. The molecule has 0 spiro atoms. The number of piperidine rings is 1. The molecule has 3 saturated carbocycles. The van der Waals surface area contributed by atoms with Crippen LogP contribution < -0.4 is 43.3 Å². The van der Waals surface area contributed by atoms with Gasteiger partial charge in [-0.1, -0.05) is 79.6 Å². The molecule has 566 valence electrons. The summed E-state index contributed by atoms with van der Waals surface area (Å²) in [6, 6.07) is 47.6. The van der Waals surface area contributed by atoms with E-state index in [0.717, 1.165) is 164 Å². The van der Waals surface area contributed by atoms with E-state index in [-0.39, 0.29) is 22.7 Å². The quantitative estimate of drug-likeness (QED) is 0.0504. The molecule has 7 aliphatic rings. The van der Waals surface area contributed by atoms with Crippen LogP contribution in [0.25, 0.3) is 83.8 Å². The second-order valence-electron chi connectivity index (χ2n) is 30.8. The first-order chi connectivity index (χ1) is 55.0. The zero-order chi connectivity index (χ0) is 75.6. The first-order valence-corrected chi connectivity index (χ1v) is 39.8. The van der Waals surface area contributed by atoms with Crippen molar-refractivity contribution in [2.75, 3.05) is 68.8 Å². The lowest BCUT2D eigenvalue weighted by Crippen LogP contribution is -2.26. The first-order valence-electron chi connectivity index (χ1n) is 39.8. The van der Waals surface area contributed by atoms with Crippen molar-refractivity contribution in [1.82, 2.24) is 73.7 Å². The number of nitrogens with one attached hydrogen (secondary N) is 5. The number of fused-ring (bicyclic) bond motifs is 3. The Labute approximate surface area is 648 Å². The maximum absolute atomic E-state index is 14.0. The first kappa shape index (κ1) is 71.7. The van der Waals surface area contributed by atoms with Crippen molar-refractivity contribution in [1.29, 1.82) is 0 Å². The number of allylic oxidation sites excluding steroid dienone is 1. The van der Waals surface area contributed by atoms with E-state index in [2.05, 4.69) is 164 Å². The van der Waals surface area contributed by atoms with Gasteiger partial charge < -0.3 is 40.5 Å². The van der Waals surface area contributed by atoms with Crippen molar-refractivity contribution in [3.63, 3.8) is 0 Å². The monoisotopic (exact) mass is 1490 g/mol. The van der Waals surface area contributed by atoms with E-state index in [1.165, 1.54) is 42.4 Å². The van der Waals surface area contributed by atoms with E-state index >= 15 is 0 Å². The third-order valence-electron chi connectivity index (χ3n) is 23.1. The molecule has 5 N–H and O–H groups in total. The Kier molecular flexibility index (Phi) is 20.4. The van der Waals surface area contributed by atoms with Crippen LogP contribution in [-0.2, 0) is 13.1 Å². The van der Waals surface area contributed by atoms with Crippen molar-refractivity contribution in [3.8, 4) is 45.1 Å². The van der Waals surface area contributed by atoms with Gasteiger partial charge in [-0.05, 0) is 240 Å². The number of likely N-dealkylation sites (N-methyl/N-ethyl adjacent to an activating group) is 1. The number of benzene rings is 4. The van der Waals surface area contributed by atoms with Crippen LogP contribution in [0, 0.1) is 5.92 Å². The Balaban J connectivity index is 0.000000118. The predicted octanol–water partition coefficient (Wildman–Crippen LogP) is 15.8. The van der Waals surface area contributed by atoms with Gasteiger partial charge in [0, 0.05) is 126 Å². The van der Waals surface area contributed by atoms with Crippen LogP contribution in [-0.4, -0.2) is 122 Å². The standard InChI is InChI=1S/C32H32N6O2.C32H32N6O.C25H27N7O/c1-37-15-14-23(20-37)21-8-11-25(12-9-21)35-32-34-19-24-17-27(28-13-10-22(18-33-28)29-7-4-16-40-29)31(39)38(30(24)36-32)26-5-2-3-6-26;39-31-29(25-5-3-23(4-6-25)26-13-16-34-18-26)17-27-19-35-32(37-30(27)38(31)20-21-1-2-21)36-28-9-7-22(8-10-28)24-11-14-33-15-12-24;1-2-31-22-18(13-21(24(31)33)23-27-11-12-32(23)20-7-8-20)15-28-25(30-22)29-19-5-3-16(4-6-19)17-9-10-26-14-17/h4,7-13,16-19,23,26H,2-3,5-6,14-15,20H2,1H3,(H,34,35,36);3-10,13,17-19,21,24,33H,1-2,11-12,14-16,20H2,(H,35,36,37);3-6,11-13,15,17,20,26H,2,7-10,14H2,1H3,(H,28,29,30). The molecule has 13 heterocycles. The van der Waals surface area contributed by atoms with Gasteiger partial charge in [0.2, 0.25) is 17.8 Å². The Morgan fingerprint density at radius 3 is 1.67 bits per heavy atom. The van der Waals surface area contributed by atoms with E-state index < -0.39 is 0 Å². The lowest BCUT2D eigenvalue weighted by atomic mass is 9.90. The van der Waals surface area contributed by atoms with E-state index in [4.69, 9.17) is 19.4 Å². The van der Waals surface area contributed by atoms with Crippen LogP contribution in [0.3, 0.4) is 0 Å². The zero-order valence-electron chi connectivity index (χ0n) is 63.2. The molecule has 23 nitrogen and oxygen atoms in total. The molecule has 3 saturated heterocycles. The third kappa shape index (κ3) is 15.5. The van der Waals surface area contributed by atoms with Crippen molar-refractivity contribution >= 4 is 79.8 Å². The molecule has 0 radical (unpaired) electrons. The number of aliphatic imine (C=N–C) groups is 1. The SMILES string of the molecule is CCn1c(=O)c(-c2nccn2C2CC2)cc2cnc(Nc3ccc(C4CCNC4)cc3)nc21.CN1CCC(c2ccc(Nc3ncc4cc(-c5ccc(-c6ccco6)cn5)c(=O)n(C5CCCC5)c4n3)cc2)C1.O=c1c(-c2ccc(C3=CCN=C3)cc2)cc2cnc(Nc3ccc(C4CCNCC4)cc3)nc2n1CC1CC1. The highest BCUT2D eigenvalue weighted by Gasteiger charge is 2.30. The van der Waals surface area contributed by atoms with Crippen LogP contribution in [0.4, 0.5) is 34.9 Å². The van der Waals surface area contributed by atoms with Gasteiger partial charge in [0.25, 0.3) is 16.7 Å². The number of likely N-dealkylation sites (tertiary alicyclic amines) is 1. The number of aryl methyl sites for hydroxylation is 1.